The Hall–Kier alpha value is -1.81. The van der Waals surface area contributed by atoms with Crippen LogP contribution in [0.25, 0.3) is 11.3 Å². The summed E-state index contributed by atoms with van der Waals surface area (Å²) in [6, 6.07) is 5.96. The quantitative estimate of drug-likeness (QED) is 0.900. The second-order valence-electron chi connectivity index (χ2n) is 4.30. The molecule has 1 heterocycles. The SMILES string of the molecule is COc1ccc(-c2onc(C)c2CCN)cc1C. The number of nitrogens with zero attached hydrogens (tertiary/aromatic N) is 1. The molecular weight excluding hydrogens is 228 g/mol. The third kappa shape index (κ3) is 2.24. The average molecular weight is 246 g/mol. The van der Waals surface area contributed by atoms with Crippen molar-refractivity contribution in [3.63, 3.8) is 0 Å². The molecule has 0 atom stereocenters. The number of hydrogen-bond donors (Lipinski definition) is 1. The van der Waals surface area contributed by atoms with Crippen LogP contribution in [0.2, 0.25) is 0 Å². The van der Waals surface area contributed by atoms with Gasteiger partial charge in [-0.15, -0.1) is 0 Å². The fourth-order valence-electron chi connectivity index (χ4n) is 2.07. The molecule has 2 rings (SSSR count). The fourth-order valence-corrected chi connectivity index (χ4v) is 2.07. The van der Waals surface area contributed by atoms with Gasteiger partial charge < -0.3 is 15.0 Å². The standard InChI is InChI=1S/C14H18N2O2/c1-9-8-11(4-5-13(9)17-3)14-12(6-7-15)10(2)16-18-14/h4-5,8H,6-7,15H2,1-3H3. The summed E-state index contributed by atoms with van der Waals surface area (Å²) in [5.41, 5.74) is 9.70. The van der Waals surface area contributed by atoms with Crippen LogP contribution in [0.4, 0.5) is 0 Å². The average Bonchev–Trinajstić information content (AvgIpc) is 2.72. The molecule has 1 aromatic carbocycles. The molecular formula is C14H18N2O2. The van der Waals surface area contributed by atoms with Gasteiger partial charge in [-0.1, -0.05) is 5.16 Å². The minimum atomic E-state index is 0.587. The van der Waals surface area contributed by atoms with E-state index in [2.05, 4.69) is 5.16 Å². The number of ether oxygens (including phenoxy) is 1. The molecule has 18 heavy (non-hydrogen) atoms. The molecule has 0 amide bonds. The normalized spacial score (nSPS) is 10.7. The van der Waals surface area contributed by atoms with Crippen LogP contribution in [0.1, 0.15) is 16.8 Å². The van der Waals surface area contributed by atoms with Crippen molar-refractivity contribution in [1.29, 1.82) is 0 Å². The Bertz CT molecular complexity index is 547. The second kappa shape index (κ2) is 5.23. The van der Waals surface area contributed by atoms with Crippen molar-refractivity contribution < 1.29 is 9.26 Å². The minimum absolute atomic E-state index is 0.587. The molecule has 0 bridgehead atoms. The number of hydrogen-bond acceptors (Lipinski definition) is 4. The zero-order valence-corrected chi connectivity index (χ0v) is 11.0. The van der Waals surface area contributed by atoms with Gasteiger partial charge in [0.05, 0.1) is 12.8 Å². The molecule has 1 aromatic heterocycles. The summed E-state index contributed by atoms with van der Waals surface area (Å²) in [4.78, 5) is 0. The summed E-state index contributed by atoms with van der Waals surface area (Å²) in [7, 11) is 1.67. The van der Waals surface area contributed by atoms with Crippen LogP contribution < -0.4 is 10.5 Å². The zero-order valence-electron chi connectivity index (χ0n) is 11.0. The van der Waals surface area contributed by atoms with Gasteiger partial charge in [-0.05, 0) is 50.6 Å². The maximum Gasteiger partial charge on any atom is 0.170 e. The fraction of sp³-hybridized carbons (Fsp3) is 0.357. The monoisotopic (exact) mass is 246 g/mol. The van der Waals surface area contributed by atoms with Crippen LogP contribution in [0.3, 0.4) is 0 Å². The second-order valence-corrected chi connectivity index (χ2v) is 4.30. The molecule has 0 saturated heterocycles. The first kappa shape index (κ1) is 12.6. The van der Waals surface area contributed by atoms with Gasteiger partial charge in [0.2, 0.25) is 0 Å². The first-order chi connectivity index (χ1) is 8.67. The molecule has 4 nitrogen and oxygen atoms in total. The Kier molecular flexibility index (Phi) is 3.67. The Morgan fingerprint density at radius 3 is 2.72 bits per heavy atom. The van der Waals surface area contributed by atoms with Gasteiger partial charge >= 0.3 is 0 Å². The van der Waals surface area contributed by atoms with Crippen molar-refractivity contribution in [3.8, 4) is 17.1 Å². The van der Waals surface area contributed by atoms with E-state index in [-0.39, 0.29) is 0 Å². The summed E-state index contributed by atoms with van der Waals surface area (Å²) >= 11 is 0. The van der Waals surface area contributed by atoms with E-state index in [9.17, 15) is 0 Å². The Labute approximate surface area is 107 Å². The third-order valence-corrected chi connectivity index (χ3v) is 3.04. The lowest BCUT2D eigenvalue weighted by molar-refractivity contribution is 0.411. The molecule has 0 saturated carbocycles. The van der Waals surface area contributed by atoms with Crippen molar-refractivity contribution in [2.45, 2.75) is 20.3 Å². The van der Waals surface area contributed by atoms with Crippen molar-refractivity contribution in [2.75, 3.05) is 13.7 Å². The molecule has 2 N–H and O–H groups in total. The number of methoxy groups -OCH3 is 1. The van der Waals surface area contributed by atoms with E-state index >= 15 is 0 Å². The zero-order chi connectivity index (χ0) is 13.1. The molecule has 0 aliphatic carbocycles. The first-order valence-electron chi connectivity index (χ1n) is 5.97. The topological polar surface area (TPSA) is 61.3 Å². The third-order valence-electron chi connectivity index (χ3n) is 3.04. The van der Waals surface area contributed by atoms with Crippen molar-refractivity contribution in [1.82, 2.24) is 5.16 Å². The van der Waals surface area contributed by atoms with Crippen molar-refractivity contribution in [3.05, 3.63) is 35.0 Å². The summed E-state index contributed by atoms with van der Waals surface area (Å²) in [5.74, 6) is 1.68. The number of aryl methyl sites for hydroxylation is 2. The van der Waals surface area contributed by atoms with Gasteiger partial charge in [-0.25, -0.2) is 0 Å². The molecule has 0 fully saturated rings. The van der Waals surface area contributed by atoms with E-state index < -0.39 is 0 Å². The summed E-state index contributed by atoms with van der Waals surface area (Å²) < 4.78 is 10.7. The van der Waals surface area contributed by atoms with Crippen LogP contribution in [-0.2, 0) is 6.42 Å². The summed E-state index contributed by atoms with van der Waals surface area (Å²) in [6.07, 6.45) is 0.774. The maximum atomic E-state index is 5.62. The Morgan fingerprint density at radius 1 is 1.33 bits per heavy atom. The molecule has 0 unspecified atom stereocenters. The highest BCUT2D eigenvalue weighted by atomic mass is 16.5. The molecule has 0 radical (unpaired) electrons. The lowest BCUT2D eigenvalue weighted by Crippen LogP contribution is -2.04. The van der Waals surface area contributed by atoms with Gasteiger partial charge in [0.1, 0.15) is 5.75 Å². The van der Waals surface area contributed by atoms with Gasteiger partial charge in [-0.3, -0.25) is 0 Å². The smallest absolute Gasteiger partial charge is 0.170 e. The predicted octanol–water partition coefficient (Wildman–Crippen LogP) is 2.47. The maximum absolute atomic E-state index is 5.62. The minimum Gasteiger partial charge on any atom is -0.496 e. The lowest BCUT2D eigenvalue weighted by Gasteiger charge is -2.06. The van der Waals surface area contributed by atoms with E-state index in [1.807, 2.05) is 32.0 Å². The summed E-state index contributed by atoms with van der Waals surface area (Å²) in [6.45, 7) is 4.53. The van der Waals surface area contributed by atoms with Gasteiger partial charge in [0, 0.05) is 11.1 Å². The van der Waals surface area contributed by atoms with E-state index in [1.54, 1.807) is 7.11 Å². The molecule has 96 valence electrons. The van der Waals surface area contributed by atoms with E-state index in [4.69, 9.17) is 15.0 Å². The van der Waals surface area contributed by atoms with Crippen LogP contribution in [0.5, 0.6) is 5.75 Å². The lowest BCUT2D eigenvalue weighted by atomic mass is 10.0. The number of benzene rings is 1. The van der Waals surface area contributed by atoms with Crippen molar-refractivity contribution >= 4 is 0 Å². The van der Waals surface area contributed by atoms with E-state index in [1.165, 1.54) is 0 Å². The number of aromatic nitrogens is 1. The van der Waals surface area contributed by atoms with Crippen LogP contribution >= 0.6 is 0 Å². The Balaban J connectivity index is 2.45. The molecule has 0 aliphatic heterocycles. The van der Waals surface area contributed by atoms with E-state index in [0.29, 0.717) is 6.54 Å². The van der Waals surface area contributed by atoms with Crippen LogP contribution in [0, 0.1) is 13.8 Å². The van der Waals surface area contributed by atoms with Crippen LogP contribution in [0.15, 0.2) is 22.7 Å². The number of rotatable bonds is 4. The number of nitrogens with two attached hydrogens (primary N) is 1. The predicted molar refractivity (Wildman–Crippen MR) is 70.7 cm³/mol. The van der Waals surface area contributed by atoms with Crippen molar-refractivity contribution in [2.24, 2.45) is 5.73 Å². The Morgan fingerprint density at radius 2 is 2.11 bits per heavy atom. The van der Waals surface area contributed by atoms with Gasteiger partial charge in [-0.2, -0.15) is 0 Å². The largest absolute Gasteiger partial charge is 0.496 e. The van der Waals surface area contributed by atoms with E-state index in [0.717, 1.165) is 40.3 Å². The van der Waals surface area contributed by atoms with Gasteiger partial charge in [0.25, 0.3) is 0 Å². The molecule has 0 spiro atoms. The molecule has 2 aromatic rings. The molecule has 4 heteroatoms. The highest BCUT2D eigenvalue weighted by molar-refractivity contribution is 5.64. The first-order valence-corrected chi connectivity index (χ1v) is 5.97. The van der Waals surface area contributed by atoms with Gasteiger partial charge in [0.15, 0.2) is 5.76 Å². The van der Waals surface area contributed by atoms with Crippen LogP contribution in [-0.4, -0.2) is 18.8 Å². The highest BCUT2D eigenvalue weighted by Gasteiger charge is 2.15. The molecule has 0 aliphatic rings. The highest BCUT2D eigenvalue weighted by Crippen LogP contribution is 2.30. The summed E-state index contributed by atoms with van der Waals surface area (Å²) in [5, 5.41) is 4.02.